The second kappa shape index (κ2) is 4.11. The van der Waals surface area contributed by atoms with E-state index in [1.807, 2.05) is 0 Å². The van der Waals surface area contributed by atoms with E-state index in [1.165, 1.54) is 0 Å². The monoisotopic (exact) mass is 209 g/mol. The highest BCUT2D eigenvalue weighted by atomic mass is 35.5. The van der Waals surface area contributed by atoms with Gasteiger partial charge in [0.15, 0.2) is 10.9 Å². The molecule has 5 heteroatoms. The van der Waals surface area contributed by atoms with Crippen LogP contribution in [0.3, 0.4) is 0 Å². The molecule has 0 radical (unpaired) electrons. The van der Waals surface area contributed by atoms with E-state index in [2.05, 4.69) is 15.2 Å². The molecular formula is C9H8ClN3O. The van der Waals surface area contributed by atoms with Crippen LogP contribution in [0.2, 0.25) is 5.15 Å². The maximum atomic E-state index is 5.80. The highest BCUT2D eigenvalue weighted by Gasteiger charge is 2.01. The molecule has 72 valence electrons. The summed E-state index contributed by atoms with van der Waals surface area (Å²) in [7, 11) is 0. The minimum atomic E-state index is 0.371. The molecule has 14 heavy (non-hydrogen) atoms. The molecule has 0 saturated heterocycles. The first-order valence-corrected chi connectivity index (χ1v) is 4.45. The van der Waals surface area contributed by atoms with Crippen molar-refractivity contribution in [3.63, 3.8) is 0 Å². The molecule has 2 aromatic heterocycles. The number of hydrogen-bond donors (Lipinski definition) is 1. The third-order valence-electron chi connectivity index (χ3n) is 1.67. The molecular weight excluding hydrogens is 202 g/mol. The Labute approximate surface area is 85.9 Å². The first kappa shape index (κ1) is 9.02. The van der Waals surface area contributed by atoms with Crippen molar-refractivity contribution < 1.29 is 4.74 Å². The smallest absolute Gasteiger partial charge is 0.171 e. The van der Waals surface area contributed by atoms with Crippen molar-refractivity contribution >= 4 is 11.6 Å². The summed E-state index contributed by atoms with van der Waals surface area (Å²) in [5.74, 6) is 0.579. The Hall–Kier alpha value is -1.55. The number of halogens is 1. The Morgan fingerprint density at radius 2 is 2.43 bits per heavy atom. The van der Waals surface area contributed by atoms with Gasteiger partial charge in [0, 0.05) is 18.0 Å². The molecule has 0 atom stereocenters. The zero-order valence-electron chi connectivity index (χ0n) is 7.27. The quantitative estimate of drug-likeness (QED) is 0.787. The van der Waals surface area contributed by atoms with Crippen molar-refractivity contribution in [2.75, 3.05) is 0 Å². The van der Waals surface area contributed by atoms with Gasteiger partial charge in [-0.05, 0) is 12.1 Å². The number of hydrogen-bond acceptors (Lipinski definition) is 3. The van der Waals surface area contributed by atoms with Gasteiger partial charge in [-0.2, -0.15) is 5.10 Å². The van der Waals surface area contributed by atoms with Crippen LogP contribution in [0.15, 0.2) is 30.7 Å². The predicted octanol–water partition coefficient (Wildman–Crippen LogP) is 2.04. The molecule has 0 aliphatic heterocycles. The van der Waals surface area contributed by atoms with Crippen molar-refractivity contribution in [3.8, 4) is 5.75 Å². The van der Waals surface area contributed by atoms with E-state index in [-0.39, 0.29) is 0 Å². The molecule has 0 amide bonds. The van der Waals surface area contributed by atoms with Crippen molar-refractivity contribution in [2.24, 2.45) is 0 Å². The maximum absolute atomic E-state index is 5.80. The first-order chi connectivity index (χ1) is 6.86. The molecule has 0 aromatic carbocycles. The topological polar surface area (TPSA) is 50.8 Å². The molecule has 0 fully saturated rings. The number of ether oxygens (including phenoxy) is 1. The lowest BCUT2D eigenvalue weighted by molar-refractivity contribution is 0.305. The third kappa shape index (κ3) is 2.03. The first-order valence-electron chi connectivity index (χ1n) is 4.07. The molecule has 2 rings (SSSR count). The van der Waals surface area contributed by atoms with Gasteiger partial charge < -0.3 is 4.74 Å². The van der Waals surface area contributed by atoms with Crippen molar-refractivity contribution in [1.82, 2.24) is 15.2 Å². The summed E-state index contributed by atoms with van der Waals surface area (Å²) in [4.78, 5) is 3.90. The van der Waals surface area contributed by atoms with E-state index >= 15 is 0 Å². The maximum Gasteiger partial charge on any atom is 0.171 e. The lowest BCUT2D eigenvalue weighted by Gasteiger charge is -2.04. The van der Waals surface area contributed by atoms with Gasteiger partial charge in [-0.15, -0.1) is 0 Å². The SMILES string of the molecule is Clc1ncccc1OCc1cn[nH]c1. The van der Waals surface area contributed by atoms with Crippen LogP contribution in [0.25, 0.3) is 0 Å². The van der Waals surface area contributed by atoms with Gasteiger partial charge in [-0.25, -0.2) is 4.98 Å². The minimum absolute atomic E-state index is 0.371. The van der Waals surface area contributed by atoms with E-state index < -0.39 is 0 Å². The fraction of sp³-hybridized carbons (Fsp3) is 0.111. The summed E-state index contributed by atoms with van der Waals surface area (Å²) in [5, 5.41) is 6.88. The number of aromatic nitrogens is 3. The average molecular weight is 210 g/mol. The van der Waals surface area contributed by atoms with Crippen LogP contribution in [0.1, 0.15) is 5.56 Å². The molecule has 0 aliphatic carbocycles. The number of nitrogens with one attached hydrogen (secondary N) is 1. The summed E-state index contributed by atoms with van der Waals surface area (Å²) < 4.78 is 5.43. The summed E-state index contributed by atoms with van der Waals surface area (Å²) in [6.07, 6.45) is 5.08. The number of nitrogens with zero attached hydrogens (tertiary/aromatic N) is 2. The van der Waals surface area contributed by atoms with E-state index in [4.69, 9.17) is 16.3 Å². The number of pyridine rings is 1. The second-order valence-corrected chi connectivity index (χ2v) is 3.05. The summed E-state index contributed by atoms with van der Waals surface area (Å²) in [5.41, 5.74) is 0.963. The van der Waals surface area contributed by atoms with Gasteiger partial charge in [0.1, 0.15) is 6.61 Å². The number of rotatable bonds is 3. The largest absolute Gasteiger partial charge is 0.486 e. The number of H-pyrrole nitrogens is 1. The van der Waals surface area contributed by atoms with Gasteiger partial charge in [-0.1, -0.05) is 11.6 Å². The normalized spacial score (nSPS) is 10.1. The van der Waals surface area contributed by atoms with Crippen molar-refractivity contribution in [1.29, 1.82) is 0 Å². The van der Waals surface area contributed by atoms with Crippen LogP contribution < -0.4 is 4.74 Å². The van der Waals surface area contributed by atoms with Crippen LogP contribution >= 0.6 is 11.6 Å². The predicted molar refractivity (Wildman–Crippen MR) is 52.2 cm³/mol. The molecule has 0 bridgehead atoms. The Bertz CT molecular complexity index is 402. The van der Waals surface area contributed by atoms with E-state index in [0.29, 0.717) is 17.5 Å². The molecule has 4 nitrogen and oxygen atoms in total. The Morgan fingerprint density at radius 3 is 3.14 bits per heavy atom. The van der Waals surface area contributed by atoms with E-state index in [9.17, 15) is 0 Å². The van der Waals surface area contributed by atoms with E-state index in [1.54, 1.807) is 30.7 Å². The lowest BCUT2D eigenvalue weighted by Crippen LogP contribution is -1.94. The van der Waals surface area contributed by atoms with Crippen molar-refractivity contribution in [3.05, 3.63) is 41.4 Å². The van der Waals surface area contributed by atoms with Gasteiger partial charge in [0.25, 0.3) is 0 Å². The Balaban J connectivity index is 2.02. The van der Waals surface area contributed by atoms with Crippen LogP contribution in [0, 0.1) is 0 Å². The van der Waals surface area contributed by atoms with Crippen LogP contribution in [-0.2, 0) is 6.61 Å². The number of aromatic amines is 1. The standard InChI is InChI=1S/C9H8ClN3O/c10-9-8(2-1-3-11-9)14-6-7-4-12-13-5-7/h1-5H,6H2,(H,12,13). The molecule has 0 spiro atoms. The minimum Gasteiger partial charge on any atom is -0.486 e. The Morgan fingerprint density at radius 1 is 1.50 bits per heavy atom. The molecule has 0 unspecified atom stereocenters. The zero-order valence-corrected chi connectivity index (χ0v) is 8.03. The van der Waals surface area contributed by atoms with Crippen LogP contribution in [0.5, 0.6) is 5.75 Å². The molecule has 2 heterocycles. The van der Waals surface area contributed by atoms with Gasteiger partial charge in [-0.3, -0.25) is 5.10 Å². The van der Waals surface area contributed by atoms with Gasteiger partial charge in [0.05, 0.1) is 6.20 Å². The molecule has 1 N–H and O–H groups in total. The summed E-state index contributed by atoms with van der Waals surface area (Å²) >= 11 is 5.80. The molecule has 0 saturated carbocycles. The summed E-state index contributed by atoms with van der Waals surface area (Å²) in [6, 6.07) is 3.55. The Kier molecular flexibility index (Phi) is 2.65. The molecule has 2 aromatic rings. The zero-order chi connectivity index (χ0) is 9.80. The van der Waals surface area contributed by atoms with E-state index in [0.717, 1.165) is 5.56 Å². The second-order valence-electron chi connectivity index (χ2n) is 2.69. The van der Waals surface area contributed by atoms with Crippen LogP contribution in [-0.4, -0.2) is 15.2 Å². The van der Waals surface area contributed by atoms with Gasteiger partial charge >= 0.3 is 0 Å². The average Bonchev–Trinajstić information content (AvgIpc) is 2.69. The van der Waals surface area contributed by atoms with Crippen molar-refractivity contribution in [2.45, 2.75) is 6.61 Å². The fourth-order valence-corrected chi connectivity index (χ4v) is 1.17. The summed E-state index contributed by atoms with van der Waals surface area (Å²) in [6.45, 7) is 0.432. The molecule has 0 aliphatic rings. The fourth-order valence-electron chi connectivity index (χ4n) is 0.997. The van der Waals surface area contributed by atoms with Gasteiger partial charge in [0.2, 0.25) is 0 Å². The lowest BCUT2D eigenvalue weighted by atomic mass is 10.4. The highest BCUT2D eigenvalue weighted by Crippen LogP contribution is 2.21. The van der Waals surface area contributed by atoms with Crippen LogP contribution in [0.4, 0.5) is 0 Å². The third-order valence-corrected chi connectivity index (χ3v) is 1.96. The highest BCUT2D eigenvalue weighted by molar-refractivity contribution is 6.30.